The zero-order valence-electron chi connectivity index (χ0n) is 11.4. The van der Waals surface area contributed by atoms with Crippen LogP contribution in [0.2, 0.25) is 0 Å². The van der Waals surface area contributed by atoms with Crippen LogP contribution in [0, 0.1) is 5.82 Å². The molecule has 20 heavy (non-hydrogen) atoms. The van der Waals surface area contributed by atoms with Crippen LogP contribution in [0.15, 0.2) is 23.1 Å². The van der Waals surface area contributed by atoms with Crippen molar-refractivity contribution in [1.82, 2.24) is 0 Å². The van der Waals surface area contributed by atoms with Crippen molar-refractivity contribution in [2.45, 2.75) is 43.9 Å². The molecule has 0 heterocycles. The largest absolute Gasteiger partial charge is 0.324 e. The fraction of sp³-hybridized carbons (Fsp3) is 0.462. The van der Waals surface area contributed by atoms with Gasteiger partial charge in [-0.25, -0.2) is 17.9 Å². The van der Waals surface area contributed by atoms with Crippen molar-refractivity contribution < 1.29 is 17.6 Å². The smallest absolute Gasteiger partial charge is 0.238 e. The minimum atomic E-state index is -3.94. The molecule has 1 aromatic rings. The number of primary sulfonamides is 1. The highest BCUT2D eigenvalue weighted by atomic mass is 32.2. The van der Waals surface area contributed by atoms with Crippen LogP contribution in [0.5, 0.6) is 0 Å². The number of sulfonamides is 1. The molecule has 112 valence electrons. The van der Waals surface area contributed by atoms with E-state index in [9.17, 15) is 17.6 Å². The molecule has 1 aromatic carbocycles. The van der Waals surface area contributed by atoms with Gasteiger partial charge in [0.25, 0.3) is 0 Å². The van der Waals surface area contributed by atoms with Crippen molar-refractivity contribution >= 4 is 21.6 Å². The molecule has 0 radical (unpaired) electrons. The van der Waals surface area contributed by atoms with Gasteiger partial charge in [0.15, 0.2) is 0 Å². The molecule has 5 nitrogen and oxygen atoms in total. The Hall–Kier alpha value is -1.47. The summed E-state index contributed by atoms with van der Waals surface area (Å²) in [6.45, 7) is 2.07. The molecule has 0 spiro atoms. The van der Waals surface area contributed by atoms with Gasteiger partial charge in [0, 0.05) is 6.42 Å². The number of anilines is 1. The second kappa shape index (κ2) is 7.35. The van der Waals surface area contributed by atoms with Gasteiger partial charge in [-0.15, -0.1) is 0 Å². The maximum absolute atomic E-state index is 13.6. The Labute approximate surface area is 118 Å². The highest BCUT2D eigenvalue weighted by Gasteiger charge is 2.12. The summed E-state index contributed by atoms with van der Waals surface area (Å²) in [5.41, 5.74) is -0.0436. The van der Waals surface area contributed by atoms with Gasteiger partial charge in [-0.1, -0.05) is 26.2 Å². The Morgan fingerprint density at radius 1 is 1.30 bits per heavy atom. The summed E-state index contributed by atoms with van der Waals surface area (Å²) in [4.78, 5) is 11.3. The Balaban J connectivity index is 2.63. The lowest BCUT2D eigenvalue weighted by molar-refractivity contribution is -0.116. The molecule has 0 aromatic heterocycles. The highest BCUT2D eigenvalue weighted by molar-refractivity contribution is 7.89. The molecule has 7 heteroatoms. The maximum atomic E-state index is 13.6. The van der Waals surface area contributed by atoms with E-state index < -0.39 is 15.8 Å². The average molecular weight is 302 g/mol. The summed E-state index contributed by atoms with van der Waals surface area (Å²) in [6, 6.07) is 3.14. The highest BCUT2D eigenvalue weighted by Crippen LogP contribution is 2.18. The number of amides is 1. The monoisotopic (exact) mass is 302 g/mol. The Bertz CT molecular complexity index is 573. The SMILES string of the molecule is CCCCCCC(=O)Nc1ccc(S(N)(=O)=O)cc1F. The van der Waals surface area contributed by atoms with E-state index in [0.29, 0.717) is 6.42 Å². The summed E-state index contributed by atoms with van der Waals surface area (Å²) in [7, 11) is -3.94. The molecular weight excluding hydrogens is 283 g/mol. The van der Waals surface area contributed by atoms with E-state index in [-0.39, 0.29) is 16.5 Å². The van der Waals surface area contributed by atoms with Gasteiger partial charge in [-0.3, -0.25) is 4.79 Å². The number of rotatable bonds is 7. The zero-order chi connectivity index (χ0) is 15.2. The van der Waals surface area contributed by atoms with Crippen LogP contribution in [0.3, 0.4) is 0 Å². The molecule has 0 atom stereocenters. The molecule has 0 aliphatic rings. The summed E-state index contributed by atoms with van der Waals surface area (Å²) in [5.74, 6) is -1.11. The van der Waals surface area contributed by atoms with Crippen molar-refractivity contribution in [2.24, 2.45) is 5.14 Å². The molecule has 0 saturated carbocycles. The van der Waals surface area contributed by atoms with E-state index in [1.54, 1.807) is 0 Å². The van der Waals surface area contributed by atoms with Gasteiger partial charge in [0.1, 0.15) is 5.82 Å². The minimum Gasteiger partial charge on any atom is -0.324 e. The van der Waals surface area contributed by atoms with Crippen molar-refractivity contribution in [3.05, 3.63) is 24.0 Å². The van der Waals surface area contributed by atoms with Crippen LogP contribution < -0.4 is 10.5 Å². The van der Waals surface area contributed by atoms with Crippen molar-refractivity contribution in [3.63, 3.8) is 0 Å². The molecule has 0 unspecified atom stereocenters. The third kappa shape index (κ3) is 5.26. The van der Waals surface area contributed by atoms with Crippen molar-refractivity contribution in [2.75, 3.05) is 5.32 Å². The van der Waals surface area contributed by atoms with Gasteiger partial charge in [0.2, 0.25) is 15.9 Å². The number of nitrogens with two attached hydrogens (primary N) is 1. The third-order valence-corrected chi connectivity index (χ3v) is 3.71. The molecule has 1 amide bonds. The first-order valence-corrected chi connectivity index (χ1v) is 8.01. The van der Waals surface area contributed by atoms with Crippen LogP contribution >= 0.6 is 0 Å². The summed E-state index contributed by atoms with van der Waals surface area (Å²) < 4.78 is 35.7. The lowest BCUT2D eigenvalue weighted by Crippen LogP contribution is -2.15. The van der Waals surface area contributed by atoms with Crippen LogP contribution in [0.4, 0.5) is 10.1 Å². The van der Waals surface area contributed by atoms with E-state index in [0.717, 1.165) is 37.8 Å². The number of hydrogen-bond acceptors (Lipinski definition) is 3. The zero-order valence-corrected chi connectivity index (χ0v) is 12.2. The van der Waals surface area contributed by atoms with Gasteiger partial charge in [-0.2, -0.15) is 0 Å². The molecule has 0 saturated heterocycles. The Morgan fingerprint density at radius 3 is 2.55 bits per heavy atom. The predicted octanol–water partition coefficient (Wildman–Crippen LogP) is 2.38. The van der Waals surface area contributed by atoms with Gasteiger partial charge in [-0.05, 0) is 24.6 Å². The lowest BCUT2D eigenvalue weighted by atomic mass is 10.1. The third-order valence-electron chi connectivity index (χ3n) is 2.80. The summed E-state index contributed by atoms with van der Waals surface area (Å²) in [6.07, 6.45) is 4.15. The second-order valence-corrected chi connectivity index (χ2v) is 6.11. The molecule has 0 fully saturated rings. The number of carbonyl (C=O) groups excluding carboxylic acids is 1. The topological polar surface area (TPSA) is 89.3 Å². The van der Waals surface area contributed by atoms with E-state index >= 15 is 0 Å². The molecule has 0 aliphatic carbocycles. The fourth-order valence-corrected chi connectivity index (χ4v) is 2.22. The van der Waals surface area contributed by atoms with E-state index in [1.807, 2.05) is 0 Å². The van der Waals surface area contributed by atoms with E-state index in [4.69, 9.17) is 5.14 Å². The molecule has 0 bridgehead atoms. The minimum absolute atomic E-state index is 0.0436. The summed E-state index contributed by atoms with van der Waals surface area (Å²) in [5, 5.41) is 7.31. The number of nitrogens with one attached hydrogen (secondary N) is 1. The number of benzene rings is 1. The van der Waals surface area contributed by atoms with E-state index in [2.05, 4.69) is 12.2 Å². The van der Waals surface area contributed by atoms with Crippen LogP contribution in [-0.2, 0) is 14.8 Å². The Kier molecular flexibility index (Phi) is 6.09. The lowest BCUT2D eigenvalue weighted by Gasteiger charge is -2.07. The maximum Gasteiger partial charge on any atom is 0.238 e. The standard InChI is InChI=1S/C13H19FN2O3S/c1-2-3-4-5-6-13(17)16-12-8-7-10(9-11(12)14)20(15,18)19/h7-9H,2-6H2,1H3,(H,16,17)(H2,15,18,19). The number of unbranched alkanes of at least 4 members (excludes halogenated alkanes) is 3. The quantitative estimate of drug-likeness (QED) is 0.758. The molecule has 3 N–H and O–H groups in total. The average Bonchev–Trinajstić information content (AvgIpc) is 2.36. The van der Waals surface area contributed by atoms with Crippen molar-refractivity contribution in [3.8, 4) is 0 Å². The fourth-order valence-electron chi connectivity index (χ4n) is 1.70. The van der Waals surface area contributed by atoms with Crippen LogP contribution in [-0.4, -0.2) is 14.3 Å². The first kappa shape index (κ1) is 16.6. The van der Waals surface area contributed by atoms with Crippen molar-refractivity contribution in [1.29, 1.82) is 0 Å². The molecule has 0 aliphatic heterocycles. The Morgan fingerprint density at radius 2 is 2.00 bits per heavy atom. The van der Waals surface area contributed by atoms with Crippen LogP contribution in [0.1, 0.15) is 39.0 Å². The molecular formula is C13H19FN2O3S. The van der Waals surface area contributed by atoms with Gasteiger partial charge in [0.05, 0.1) is 10.6 Å². The first-order chi connectivity index (χ1) is 9.34. The number of hydrogen-bond donors (Lipinski definition) is 2. The molecule has 1 rings (SSSR count). The normalized spacial score (nSPS) is 11.3. The predicted molar refractivity (Wildman–Crippen MR) is 75.2 cm³/mol. The second-order valence-electron chi connectivity index (χ2n) is 4.55. The summed E-state index contributed by atoms with van der Waals surface area (Å²) >= 11 is 0. The first-order valence-electron chi connectivity index (χ1n) is 6.46. The van der Waals surface area contributed by atoms with Crippen LogP contribution in [0.25, 0.3) is 0 Å². The van der Waals surface area contributed by atoms with Gasteiger partial charge < -0.3 is 5.32 Å². The number of carbonyl (C=O) groups is 1. The van der Waals surface area contributed by atoms with E-state index in [1.165, 1.54) is 6.07 Å². The number of halogens is 1. The van der Waals surface area contributed by atoms with Gasteiger partial charge >= 0.3 is 0 Å².